The Morgan fingerprint density at radius 3 is 2.53 bits per heavy atom. The zero-order chi connectivity index (χ0) is 21.9. The van der Waals surface area contributed by atoms with Crippen molar-refractivity contribution < 1.29 is 13.2 Å². The molecule has 0 bridgehead atoms. The number of nitrogens with zero attached hydrogens (tertiary/aromatic N) is 2. The Kier molecular flexibility index (Phi) is 6.71. The molecule has 0 aromatic heterocycles. The Morgan fingerprint density at radius 2 is 1.90 bits per heavy atom. The largest absolute Gasteiger partial charge is 0.371 e. The van der Waals surface area contributed by atoms with Gasteiger partial charge in [-0.25, -0.2) is 8.42 Å². The molecule has 1 aliphatic heterocycles. The van der Waals surface area contributed by atoms with Crippen molar-refractivity contribution >= 4 is 27.3 Å². The number of carbonyl (C=O) groups is 1. The molecule has 1 N–H and O–H groups in total. The summed E-state index contributed by atoms with van der Waals surface area (Å²) in [7, 11) is -1.91. The topological polar surface area (TPSA) is 69.7 Å². The lowest BCUT2D eigenvalue weighted by atomic mass is 9.99. The minimum atomic E-state index is -3.38. The quantitative estimate of drug-likeness (QED) is 0.758. The van der Waals surface area contributed by atoms with Gasteiger partial charge in [-0.05, 0) is 61.6 Å². The summed E-state index contributed by atoms with van der Waals surface area (Å²) in [5, 5.41) is 3.00. The van der Waals surface area contributed by atoms with Crippen molar-refractivity contribution in [3.8, 4) is 0 Å². The summed E-state index contributed by atoms with van der Waals surface area (Å²) in [6.07, 6.45) is 3.65. The van der Waals surface area contributed by atoms with E-state index in [4.69, 9.17) is 0 Å². The number of sulfonamides is 1. The molecule has 162 valence electrons. The van der Waals surface area contributed by atoms with Gasteiger partial charge in [0.05, 0.1) is 18.0 Å². The maximum Gasteiger partial charge on any atom is 0.251 e. The van der Waals surface area contributed by atoms with E-state index in [2.05, 4.69) is 41.4 Å². The molecule has 0 radical (unpaired) electrons. The van der Waals surface area contributed by atoms with E-state index in [1.807, 2.05) is 6.92 Å². The monoisotopic (exact) mass is 429 g/mol. The van der Waals surface area contributed by atoms with Gasteiger partial charge in [0.2, 0.25) is 10.0 Å². The molecule has 1 heterocycles. The van der Waals surface area contributed by atoms with Crippen LogP contribution in [0.4, 0.5) is 11.4 Å². The molecule has 2 aromatic rings. The summed E-state index contributed by atoms with van der Waals surface area (Å²) in [4.78, 5) is 15.1. The van der Waals surface area contributed by atoms with Gasteiger partial charge in [0.25, 0.3) is 5.91 Å². The van der Waals surface area contributed by atoms with E-state index in [0.717, 1.165) is 29.2 Å². The first kappa shape index (κ1) is 22.2. The molecule has 0 aliphatic carbocycles. The van der Waals surface area contributed by atoms with E-state index in [9.17, 15) is 13.2 Å². The molecule has 6 nitrogen and oxygen atoms in total. The van der Waals surface area contributed by atoms with Crippen LogP contribution in [0.15, 0.2) is 48.5 Å². The van der Waals surface area contributed by atoms with Crippen molar-refractivity contribution in [1.29, 1.82) is 0 Å². The molecule has 30 heavy (non-hydrogen) atoms. The zero-order valence-corrected chi connectivity index (χ0v) is 18.9. The molecule has 0 spiro atoms. The summed E-state index contributed by atoms with van der Waals surface area (Å²) in [6, 6.07) is 14.8. The lowest BCUT2D eigenvalue weighted by Gasteiger charge is -2.33. The third-order valence-electron chi connectivity index (χ3n) is 5.73. The maximum atomic E-state index is 12.7. The smallest absolute Gasteiger partial charge is 0.251 e. The average molecular weight is 430 g/mol. The third-order valence-corrected chi connectivity index (χ3v) is 6.94. The number of carbonyl (C=O) groups excluding carboxylic acids is 1. The van der Waals surface area contributed by atoms with Gasteiger partial charge in [-0.1, -0.05) is 25.1 Å². The van der Waals surface area contributed by atoms with Crippen molar-refractivity contribution in [3.63, 3.8) is 0 Å². The Morgan fingerprint density at radius 1 is 1.20 bits per heavy atom. The second-order valence-corrected chi connectivity index (χ2v) is 10.3. The summed E-state index contributed by atoms with van der Waals surface area (Å²) in [6.45, 7) is 6.42. The fourth-order valence-electron chi connectivity index (χ4n) is 3.80. The van der Waals surface area contributed by atoms with Crippen LogP contribution < -0.4 is 14.5 Å². The maximum absolute atomic E-state index is 12.7. The van der Waals surface area contributed by atoms with E-state index < -0.39 is 10.0 Å². The molecule has 0 unspecified atom stereocenters. The number of hydrogen-bond donors (Lipinski definition) is 1. The number of anilines is 2. The molecule has 1 aliphatic rings. The van der Waals surface area contributed by atoms with Gasteiger partial charge in [0.1, 0.15) is 0 Å². The fourth-order valence-corrected chi connectivity index (χ4v) is 4.29. The third kappa shape index (κ3) is 5.33. The van der Waals surface area contributed by atoms with Crippen LogP contribution >= 0.6 is 0 Å². The highest BCUT2D eigenvalue weighted by Gasteiger charge is 2.18. The summed E-state index contributed by atoms with van der Waals surface area (Å²) >= 11 is 0. The molecule has 1 saturated heterocycles. The van der Waals surface area contributed by atoms with Crippen LogP contribution in [0.25, 0.3) is 0 Å². The zero-order valence-electron chi connectivity index (χ0n) is 18.1. The summed E-state index contributed by atoms with van der Waals surface area (Å²) in [5.41, 5.74) is 3.13. The van der Waals surface area contributed by atoms with Crippen LogP contribution in [-0.2, 0) is 10.0 Å². The van der Waals surface area contributed by atoms with Gasteiger partial charge < -0.3 is 10.2 Å². The van der Waals surface area contributed by atoms with Gasteiger partial charge >= 0.3 is 0 Å². The van der Waals surface area contributed by atoms with E-state index >= 15 is 0 Å². The Hall–Kier alpha value is -2.54. The van der Waals surface area contributed by atoms with Crippen molar-refractivity contribution in [2.75, 3.05) is 35.6 Å². The number of nitrogens with one attached hydrogen (secondary N) is 1. The van der Waals surface area contributed by atoms with Gasteiger partial charge in [-0.15, -0.1) is 0 Å². The summed E-state index contributed by atoms with van der Waals surface area (Å²) < 4.78 is 24.7. The predicted molar refractivity (Wildman–Crippen MR) is 123 cm³/mol. The van der Waals surface area contributed by atoms with Crippen LogP contribution in [0.1, 0.15) is 48.7 Å². The number of rotatable bonds is 6. The highest BCUT2D eigenvalue weighted by Crippen LogP contribution is 2.25. The fraction of sp³-hybridized carbons (Fsp3) is 0.435. The molecule has 1 amide bonds. The second-order valence-electron chi connectivity index (χ2n) is 8.26. The van der Waals surface area contributed by atoms with Crippen LogP contribution in [0.2, 0.25) is 0 Å². The first-order chi connectivity index (χ1) is 14.1. The predicted octanol–water partition coefficient (Wildman–Crippen LogP) is 3.81. The van der Waals surface area contributed by atoms with Crippen LogP contribution in [0, 0.1) is 5.92 Å². The average Bonchev–Trinajstić information content (AvgIpc) is 2.72. The highest BCUT2D eigenvalue weighted by molar-refractivity contribution is 7.92. The van der Waals surface area contributed by atoms with E-state index in [1.165, 1.54) is 25.6 Å². The summed E-state index contributed by atoms with van der Waals surface area (Å²) in [5.74, 6) is 0.481. The number of piperidine rings is 1. The lowest BCUT2D eigenvalue weighted by molar-refractivity contribution is 0.0940. The van der Waals surface area contributed by atoms with Crippen molar-refractivity contribution in [2.24, 2.45) is 5.92 Å². The standard InChI is InChI=1S/C23H31N3O3S/c1-17-7-6-14-26(16-17)21-12-10-19(11-13-21)18(2)24-23(27)20-8-5-9-22(15-20)25(3)30(4,28)29/h5,8-13,15,17-18H,6-7,14,16H2,1-4H3,(H,24,27)/t17-,18+/m0/s1. The molecule has 0 saturated carbocycles. The van der Waals surface area contributed by atoms with Crippen molar-refractivity contribution in [3.05, 3.63) is 59.7 Å². The van der Waals surface area contributed by atoms with E-state index in [0.29, 0.717) is 17.2 Å². The SMILES string of the molecule is C[C@H]1CCCN(c2ccc([C@@H](C)NC(=O)c3cccc(N(C)S(C)(=O)=O)c3)cc2)C1. The first-order valence-electron chi connectivity index (χ1n) is 10.3. The Labute approximate surface area is 179 Å². The Balaban J connectivity index is 1.67. The molecular formula is C23H31N3O3S. The van der Waals surface area contributed by atoms with Gasteiger partial charge in [-0.3, -0.25) is 9.10 Å². The minimum absolute atomic E-state index is 0.164. The van der Waals surface area contributed by atoms with Crippen molar-refractivity contribution in [2.45, 2.75) is 32.7 Å². The molecular weight excluding hydrogens is 398 g/mol. The minimum Gasteiger partial charge on any atom is -0.371 e. The van der Waals surface area contributed by atoms with Gasteiger partial charge in [0.15, 0.2) is 0 Å². The molecule has 2 atom stereocenters. The van der Waals surface area contributed by atoms with E-state index in [-0.39, 0.29) is 11.9 Å². The number of amides is 1. The van der Waals surface area contributed by atoms with Crippen LogP contribution in [0.5, 0.6) is 0 Å². The number of hydrogen-bond acceptors (Lipinski definition) is 4. The lowest BCUT2D eigenvalue weighted by Crippen LogP contribution is -2.34. The molecule has 2 aromatic carbocycles. The number of benzene rings is 2. The van der Waals surface area contributed by atoms with Crippen LogP contribution in [-0.4, -0.2) is 40.7 Å². The molecule has 3 rings (SSSR count). The van der Waals surface area contributed by atoms with E-state index in [1.54, 1.807) is 24.3 Å². The van der Waals surface area contributed by atoms with Gasteiger partial charge in [0, 0.05) is 31.4 Å². The normalized spacial score (nSPS) is 18.0. The van der Waals surface area contributed by atoms with Crippen LogP contribution in [0.3, 0.4) is 0 Å². The highest BCUT2D eigenvalue weighted by atomic mass is 32.2. The first-order valence-corrected chi connectivity index (χ1v) is 12.2. The van der Waals surface area contributed by atoms with Crippen molar-refractivity contribution in [1.82, 2.24) is 5.32 Å². The molecule has 7 heteroatoms. The Bertz CT molecular complexity index is 989. The van der Waals surface area contributed by atoms with Gasteiger partial charge in [-0.2, -0.15) is 0 Å². The second kappa shape index (κ2) is 9.08. The molecule has 1 fully saturated rings.